The van der Waals surface area contributed by atoms with Gasteiger partial charge in [-0.25, -0.2) is 0 Å². The number of piperidine rings is 1. The molecule has 0 atom stereocenters. The maximum Gasteiger partial charge on any atom is 0.242 e. The lowest BCUT2D eigenvalue weighted by Crippen LogP contribution is -2.59. The van der Waals surface area contributed by atoms with Gasteiger partial charge in [0.05, 0.1) is 5.54 Å². The van der Waals surface area contributed by atoms with E-state index < -0.39 is 5.54 Å². The molecule has 2 aliphatic heterocycles. The molecule has 0 bridgehead atoms. The van der Waals surface area contributed by atoms with Gasteiger partial charge in [0.25, 0.3) is 0 Å². The lowest BCUT2D eigenvalue weighted by atomic mass is 9.84. The van der Waals surface area contributed by atoms with Gasteiger partial charge < -0.3 is 15.4 Å². The van der Waals surface area contributed by atoms with E-state index in [9.17, 15) is 4.79 Å². The second-order valence-corrected chi connectivity index (χ2v) is 6.14. The zero-order valence-electron chi connectivity index (χ0n) is 11.7. The molecule has 4 nitrogen and oxygen atoms in total. The first kappa shape index (κ1) is 13.8. The van der Waals surface area contributed by atoms with Crippen LogP contribution in [0.15, 0.2) is 0 Å². The molecule has 0 saturated carbocycles. The minimum atomic E-state index is -0.664. The minimum Gasteiger partial charge on any atom is -0.381 e. The Morgan fingerprint density at radius 1 is 1.28 bits per heavy atom. The quantitative estimate of drug-likeness (QED) is 0.810. The van der Waals surface area contributed by atoms with E-state index in [4.69, 9.17) is 10.5 Å². The third-order valence-corrected chi connectivity index (χ3v) is 4.58. The molecule has 0 aromatic rings. The SMILES string of the molecule is CC(C)C1CCN(C(=O)C2(N)CCOCC2)CC1. The van der Waals surface area contributed by atoms with Crippen molar-refractivity contribution in [2.75, 3.05) is 26.3 Å². The van der Waals surface area contributed by atoms with Gasteiger partial charge in [-0.1, -0.05) is 13.8 Å². The third kappa shape index (κ3) is 2.86. The van der Waals surface area contributed by atoms with E-state index in [-0.39, 0.29) is 5.91 Å². The van der Waals surface area contributed by atoms with Gasteiger partial charge in [0.2, 0.25) is 5.91 Å². The van der Waals surface area contributed by atoms with E-state index >= 15 is 0 Å². The molecule has 0 spiro atoms. The zero-order valence-corrected chi connectivity index (χ0v) is 11.7. The highest BCUT2D eigenvalue weighted by Crippen LogP contribution is 2.27. The number of carbonyl (C=O) groups is 1. The van der Waals surface area contributed by atoms with Crippen LogP contribution in [0.25, 0.3) is 0 Å². The summed E-state index contributed by atoms with van der Waals surface area (Å²) in [5.41, 5.74) is 5.59. The Labute approximate surface area is 110 Å². The lowest BCUT2D eigenvalue weighted by molar-refractivity contribution is -0.142. The maximum atomic E-state index is 12.5. The number of nitrogens with zero attached hydrogens (tertiary/aromatic N) is 1. The molecule has 2 fully saturated rings. The maximum absolute atomic E-state index is 12.5. The van der Waals surface area contributed by atoms with Gasteiger partial charge in [0.15, 0.2) is 0 Å². The van der Waals surface area contributed by atoms with E-state index in [1.165, 1.54) is 0 Å². The van der Waals surface area contributed by atoms with Crippen LogP contribution < -0.4 is 5.73 Å². The van der Waals surface area contributed by atoms with Crippen molar-refractivity contribution in [3.63, 3.8) is 0 Å². The smallest absolute Gasteiger partial charge is 0.242 e. The summed E-state index contributed by atoms with van der Waals surface area (Å²) >= 11 is 0. The minimum absolute atomic E-state index is 0.146. The van der Waals surface area contributed by atoms with Gasteiger partial charge in [0.1, 0.15) is 0 Å². The second kappa shape index (κ2) is 5.57. The monoisotopic (exact) mass is 254 g/mol. The van der Waals surface area contributed by atoms with E-state index in [0.29, 0.717) is 26.1 Å². The topological polar surface area (TPSA) is 55.6 Å². The van der Waals surface area contributed by atoms with Crippen LogP contribution >= 0.6 is 0 Å². The highest BCUT2D eigenvalue weighted by atomic mass is 16.5. The molecular weight excluding hydrogens is 228 g/mol. The summed E-state index contributed by atoms with van der Waals surface area (Å²) in [5, 5.41) is 0. The van der Waals surface area contributed by atoms with Crippen LogP contribution in [0.4, 0.5) is 0 Å². The Kier molecular flexibility index (Phi) is 4.28. The summed E-state index contributed by atoms with van der Waals surface area (Å²) in [5.74, 6) is 1.63. The summed E-state index contributed by atoms with van der Waals surface area (Å²) in [6.07, 6.45) is 3.57. The summed E-state index contributed by atoms with van der Waals surface area (Å²) in [7, 11) is 0. The van der Waals surface area contributed by atoms with Gasteiger partial charge >= 0.3 is 0 Å². The number of hydrogen-bond donors (Lipinski definition) is 1. The Balaban J connectivity index is 1.90. The molecular formula is C14H26N2O2. The molecule has 0 radical (unpaired) electrons. The van der Waals surface area contributed by atoms with Crippen LogP contribution in [0.2, 0.25) is 0 Å². The number of likely N-dealkylation sites (tertiary alicyclic amines) is 1. The van der Waals surface area contributed by atoms with Crippen LogP contribution in [0, 0.1) is 11.8 Å². The van der Waals surface area contributed by atoms with Crippen molar-refractivity contribution in [3.8, 4) is 0 Å². The van der Waals surface area contributed by atoms with Crippen molar-refractivity contribution in [3.05, 3.63) is 0 Å². The van der Waals surface area contributed by atoms with Crippen molar-refractivity contribution < 1.29 is 9.53 Å². The summed E-state index contributed by atoms with van der Waals surface area (Å²) in [6.45, 7) is 7.52. The molecule has 0 aromatic carbocycles. The molecule has 2 aliphatic rings. The van der Waals surface area contributed by atoms with Gasteiger partial charge in [0, 0.05) is 26.3 Å². The average Bonchev–Trinajstić information content (AvgIpc) is 2.39. The Morgan fingerprint density at radius 2 is 1.83 bits per heavy atom. The summed E-state index contributed by atoms with van der Waals surface area (Å²) in [4.78, 5) is 14.5. The predicted molar refractivity (Wildman–Crippen MR) is 71.1 cm³/mol. The van der Waals surface area contributed by atoms with E-state index in [1.807, 2.05) is 4.90 Å². The molecule has 0 aromatic heterocycles. The number of rotatable bonds is 2. The molecule has 104 valence electrons. The van der Waals surface area contributed by atoms with Crippen molar-refractivity contribution in [2.45, 2.75) is 45.1 Å². The highest BCUT2D eigenvalue weighted by molar-refractivity contribution is 5.86. The van der Waals surface area contributed by atoms with E-state index in [2.05, 4.69) is 13.8 Å². The molecule has 18 heavy (non-hydrogen) atoms. The fourth-order valence-electron chi connectivity index (χ4n) is 3.03. The van der Waals surface area contributed by atoms with Crippen molar-refractivity contribution in [1.82, 2.24) is 4.90 Å². The molecule has 2 heterocycles. The van der Waals surface area contributed by atoms with Gasteiger partial charge in [-0.05, 0) is 37.5 Å². The normalized spacial score (nSPS) is 25.4. The molecule has 1 amide bonds. The zero-order chi connectivity index (χ0) is 13.2. The number of amides is 1. The molecule has 0 unspecified atom stereocenters. The van der Waals surface area contributed by atoms with Gasteiger partial charge in [-0.2, -0.15) is 0 Å². The first-order valence-electron chi connectivity index (χ1n) is 7.19. The molecule has 2 rings (SSSR count). The van der Waals surface area contributed by atoms with Crippen molar-refractivity contribution >= 4 is 5.91 Å². The first-order chi connectivity index (χ1) is 8.53. The second-order valence-electron chi connectivity index (χ2n) is 6.14. The molecule has 2 saturated heterocycles. The van der Waals surface area contributed by atoms with Crippen LogP contribution in [-0.2, 0) is 9.53 Å². The molecule has 2 N–H and O–H groups in total. The highest BCUT2D eigenvalue weighted by Gasteiger charge is 2.39. The van der Waals surface area contributed by atoms with Crippen LogP contribution in [0.5, 0.6) is 0 Å². The summed E-state index contributed by atoms with van der Waals surface area (Å²) < 4.78 is 5.30. The Bertz CT molecular complexity index is 290. The lowest BCUT2D eigenvalue weighted by Gasteiger charge is -2.40. The number of nitrogens with two attached hydrogens (primary N) is 1. The summed E-state index contributed by atoms with van der Waals surface area (Å²) in [6, 6.07) is 0. The Hall–Kier alpha value is -0.610. The van der Waals surface area contributed by atoms with Crippen molar-refractivity contribution in [2.24, 2.45) is 17.6 Å². The largest absolute Gasteiger partial charge is 0.381 e. The number of hydrogen-bond acceptors (Lipinski definition) is 3. The fourth-order valence-corrected chi connectivity index (χ4v) is 3.03. The predicted octanol–water partition coefficient (Wildman–Crippen LogP) is 1.39. The molecule has 4 heteroatoms. The number of ether oxygens (including phenoxy) is 1. The van der Waals surface area contributed by atoms with Crippen LogP contribution in [-0.4, -0.2) is 42.6 Å². The van der Waals surface area contributed by atoms with Crippen LogP contribution in [0.3, 0.4) is 0 Å². The van der Waals surface area contributed by atoms with E-state index in [0.717, 1.165) is 37.8 Å². The van der Waals surface area contributed by atoms with Gasteiger partial charge in [-0.3, -0.25) is 4.79 Å². The first-order valence-corrected chi connectivity index (χ1v) is 7.19. The molecule has 0 aliphatic carbocycles. The fraction of sp³-hybridized carbons (Fsp3) is 0.929. The average molecular weight is 254 g/mol. The standard InChI is InChI=1S/C14H26N2O2/c1-11(2)12-3-7-16(8-4-12)13(17)14(15)5-9-18-10-6-14/h11-12H,3-10,15H2,1-2H3. The number of carbonyl (C=O) groups excluding carboxylic acids is 1. The Morgan fingerprint density at radius 3 is 2.33 bits per heavy atom. The van der Waals surface area contributed by atoms with Crippen molar-refractivity contribution in [1.29, 1.82) is 0 Å². The van der Waals surface area contributed by atoms with Gasteiger partial charge in [-0.15, -0.1) is 0 Å². The van der Waals surface area contributed by atoms with E-state index in [1.54, 1.807) is 0 Å². The van der Waals surface area contributed by atoms with Crippen LogP contribution in [0.1, 0.15) is 39.5 Å². The third-order valence-electron chi connectivity index (χ3n) is 4.58.